The van der Waals surface area contributed by atoms with E-state index in [0.29, 0.717) is 0 Å². The highest BCUT2D eigenvalue weighted by molar-refractivity contribution is 8.01. The van der Waals surface area contributed by atoms with Crippen LogP contribution in [0.2, 0.25) is 0 Å². The van der Waals surface area contributed by atoms with Crippen LogP contribution in [0.3, 0.4) is 0 Å². The van der Waals surface area contributed by atoms with Crippen molar-refractivity contribution in [3.05, 3.63) is 11.6 Å². The van der Waals surface area contributed by atoms with Gasteiger partial charge >= 0.3 is 0 Å². The van der Waals surface area contributed by atoms with Crippen LogP contribution in [0, 0.1) is 0 Å². The number of hydrogen-bond acceptors (Lipinski definition) is 2. The monoisotopic (exact) mass is 130 g/mol. The quantitative estimate of drug-likeness (QED) is 0.535. The maximum absolute atomic E-state index is 8.80. The Kier molecular flexibility index (Phi) is 1.97. The maximum Gasteiger partial charge on any atom is 0.0695 e. The van der Waals surface area contributed by atoms with Crippen LogP contribution >= 0.6 is 11.8 Å². The molecule has 0 aromatic carbocycles. The Hall–Kier alpha value is 0.0500. The van der Waals surface area contributed by atoms with E-state index in [1.807, 2.05) is 17.8 Å². The van der Waals surface area contributed by atoms with Gasteiger partial charge in [-0.3, -0.25) is 0 Å². The van der Waals surface area contributed by atoms with Crippen LogP contribution in [0.25, 0.3) is 0 Å². The van der Waals surface area contributed by atoms with Crippen molar-refractivity contribution in [1.29, 1.82) is 0 Å². The molecule has 0 radical (unpaired) electrons. The summed E-state index contributed by atoms with van der Waals surface area (Å²) in [6, 6.07) is 0. The zero-order chi connectivity index (χ0) is 5.98. The molecule has 1 rings (SSSR count). The molecule has 0 aromatic heterocycles. The summed E-state index contributed by atoms with van der Waals surface area (Å²) in [6.45, 7) is 1.79. The van der Waals surface area contributed by atoms with E-state index in [4.69, 9.17) is 5.11 Å². The smallest absolute Gasteiger partial charge is 0.0695 e. The molecule has 46 valence electrons. The highest BCUT2D eigenvalue weighted by atomic mass is 32.2. The van der Waals surface area contributed by atoms with Crippen molar-refractivity contribution in [1.82, 2.24) is 0 Å². The Balaban J connectivity index is 2.30. The van der Waals surface area contributed by atoms with Crippen LogP contribution < -0.4 is 0 Å². The van der Waals surface area contributed by atoms with Gasteiger partial charge in [0, 0.05) is 11.5 Å². The summed E-state index contributed by atoms with van der Waals surface area (Å²) in [4.78, 5) is 0. The van der Waals surface area contributed by atoms with Gasteiger partial charge in [-0.25, -0.2) is 0 Å². The van der Waals surface area contributed by atoms with Gasteiger partial charge in [0.1, 0.15) is 0 Å². The maximum atomic E-state index is 8.80. The van der Waals surface area contributed by atoms with Crippen LogP contribution in [-0.4, -0.2) is 22.7 Å². The first-order valence-corrected chi connectivity index (χ1v) is 3.90. The Morgan fingerprint density at radius 1 is 1.75 bits per heavy atom. The molecule has 0 aliphatic carbocycles. The molecule has 0 bridgehead atoms. The molecule has 1 unspecified atom stereocenters. The van der Waals surface area contributed by atoms with Crippen LogP contribution in [0.5, 0.6) is 0 Å². The topological polar surface area (TPSA) is 20.2 Å². The molecule has 1 fully saturated rings. The van der Waals surface area contributed by atoms with Crippen LogP contribution in [0.15, 0.2) is 11.6 Å². The third kappa shape index (κ3) is 1.53. The lowest BCUT2D eigenvalue weighted by Gasteiger charge is -2.15. The number of rotatable bonds is 1. The zero-order valence-electron chi connectivity index (χ0n) is 4.92. The second-order valence-corrected chi connectivity index (χ2v) is 3.04. The fourth-order valence-corrected chi connectivity index (χ4v) is 1.29. The van der Waals surface area contributed by atoms with E-state index < -0.39 is 0 Å². The number of aliphatic hydroxyl groups is 1. The van der Waals surface area contributed by atoms with Crippen molar-refractivity contribution < 1.29 is 5.11 Å². The lowest BCUT2D eigenvalue weighted by atomic mass is 10.2. The molecule has 1 atom stereocenters. The molecule has 0 spiro atoms. The summed E-state index contributed by atoms with van der Waals surface area (Å²) < 4.78 is 0. The molecular formula is C6H10OS. The van der Waals surface area contributed by atoms with Crippen LogP contribution in [0.4, 0.5) is 0 Å². The van der Waals surface area contributed by atoms with E-state index in [2.05, 4.69) is 0 Å². The summed E-state index contributed by atoms with van der Waals surface area (Å²) in [5, 5.41) is 8.80. The van der Waals surface area contributed by atoms with Crippen molar-refractivity contribution in [2.75, 3.05) is 11.5 Å². The molecule has 1 aliphatic rings. The second kappa shape index (κ2) is 2.55. The Morgan fingerprint density at radius 2 is 2.38 bits per heavy atom. The van der Waals surface area contributed by atoms with Gasteiger partial charge in [0.05, 0.1) is 6.10 Å². The van der Waals surface area contributed by atoms with E-state index in [9.17, 15) is 0 Å². The van der Waals surface area contributed by atoms with Crippen molar-refractivity contribution in [3.63, 3.8) is 0 Å². The predicted molar refractivity (Wildman–Crippen MR) is 37.1 cm³/mol. The average molecular weight is 130 g/mol. The van der Waals surface area contributed by atoms with Gasteiger partial charge in [-0.2, -0.15) is 11.8 Å². The van der Waals surface area contributed by atoms with Gasteiger partial charge in [0.2, 0.25) is 0 Å². The largest absolute Gasteiger partial charge is 0.389 e. The summed E-state index contributed by atoms with van der Waals surface area (Å²) >= 11 is 1.91. The summed E-state index contributed by atoms with van der Waals surface area (Å²) in [7, 11) is 0. The van der Waals surface area contributed by atoms with E-state index >= 15 is 0 Å². The minimum Gasteiger partial charge on any atom is -0.389 e. The fourth-order valence-electron chi connectivity index (χ4n) is 0.657. The first-order chi connectivity index (χ1) is 3.79. The SMILES string of the molecule is CC(O)C=C1CSC1. The lowest BCUT2D eigenvalue weighted by Crippen LogP contribution is -2.07. The number of hydrogen-bond donors (Lipinski definition) is 1. The van der Waals surface area contributed by atoms with Crippen LogP contribution in [0.1, 0.15) is 6.92 Å². The van der Waals surface area contributed by atoms with Gasteiger partial charge in [-0.05, 0) is 6.92 Å². The van der Waals surface area contributed by atoms with Crippen LogP contribution in [-0.2, 0) is 0 Å². The molecule has 0 aromatic rings. The normalized spacial score (nSPS) is 22.0. The summed E-state index contributed by atoms with van der Waals surface area (Å²) in [5.74, 6) is 2.26. The van der Waals surface area contributed by atoms with Crippen molar-refractivity contribution in [3.8, 4) is 0 Å². The number of aliphatic hydroxyl groups excluding tert-OH is 1. The summed E-state index contributed by atoms with van der Waals surface area (Å²) in [6.07, 6.45) is 1.68. The third-order valence-corrected chi connectivity index (χ3v) is 2.20. The third-order valence-electron chi connectivity index (χ3n) is 1.05. The van der Waals surface area contributed by atoms with E-state index in [-0.39, 0.29) is 6.10 Å². The van der Waals surface area contributed by atoms with E-state index in [1.54, 1.807) is 6.92 Å². The molecule has 1 nitrogen and oxygen atoms in total. The molecule has 0 saturated carbocycles. The standard InChI is InChI=1S/C6H10OS/c1-5(7)2-6-3-8-4-6/h2,5,7H,3-4H2,1H3. The van der Waals surface area contributed by atoms with Gasteiger partial charge in [-0.1, -0.05) is 11.6 Å². The summed E-state index contributed by atoms with van der Waals surface area (Å²) in [5.41, 5.74) is 1.39. The second-order valence-electron chi connectivity index (χ2n) is 2.06. The zero-order valence-corrected chi connectivity index (χ0v) is 5.74. The first-order valence-electron chi connectivity index (χ1n) is 2.74. The lowest BCUT2D eigenvalue weighted by molar-refractivity contribution is 0.243. The molecule has 1 N–H and O–H groups in total. The average Bonchev–Trinajstić information content (AvgIpc) is 1.55. The predicted octanol–water partition coefficient (Wildman–Crippen LogP) is 1.04. The highest BCUT2D eigenvalue weighted by Gasteiger charge is 2.08. The molecule has 1 heterocycles. The minimum atomic E-state index is -0.245. The Morgan fingerprint density at radius 3 is 2.50 bits per heavy atom. The fraction of sp³-hybridized carbons (Fsp3) is 0.667. The van der Waals surface area contributed by atoms with Crippen molar-refractivity contribution >= 4 is 11.8 Å². The molecule has 8 heavy (non-hydrogen) atoms. The molecule has 0 amide bonds. The first kappa shape index (κ1) is 6.17. The minimum absolute atomic E-state index is 0.245. The molecule has 1 aliphatic heterocycles. The molecular weight excluding hydrogens is 120 g/mol. The molecule has 1 saturated heterocycles. The molecule has 2 heteroatoms. The highest BCUT2D eigenvalue weighted by Crippen LogP contribution is 2.23. The van der Waals surface area contributed by atoms with Crippen molar-refractivity contribution in [2.24, 2.45) is 0 Å². The Bertz CT molecular complexity index is 101. The van der Waals surface area contributed by atoms with E-state index in [1.165, 1.54) is 5.57 Å². The van der Waals surface area contributed by atoms with Gasteiger partial charge in [-0.15, -0.1) is 0 Å². The Labute approximate surface area is 53.8 Å². The van der Waals surface area contributed by atoms with Gasteiger partial charge in [0.25, 0.3) is 0 Å². The van der Waals surface area contributed by atoms with Gasteiger partial charge in [0.15, 0.2) is 0 Å². The van der Waals surface area contributed by atoms with Gasteiger partial charge < -0.3 is 5.11 Å². The van der Waals surface area contributed by atoms with Crippen molar-refractivity contribution in [2.45, 2.75) is 13.0 Å². The number of thioether (sulfide) groups is 1. The van der Waals surface area contributed by atoms with E-state index in [0.717, 1.165) is 11.5 Å².